The Bertz CT molecular complexity index is 4260. The van der Waals surface area contributed by atoms with E-state index in [1.54, 1.807) is 6.92 Å². The minimum Gasteiger partial charge on any atom is -0.511 e. The minimum atomic E-state index is -1.74. The standard InChI is InChI=1S/C83H111N15O22/c1-6-43-118-80(113)85-38-16-11-25-59-73(106)90-51(3)72(105)94-62(27-14-18-40-87-82(115)120-49-58-56-23-9-7-21-54(56)55-22-8-10-24-57(55)58)78(111)96-41-19-29-64(96)76(109)89-47-69(102)92-60(26-12-17-39-86-81(114)119-48-52-31-33-53(34-32-52)98(116)117)74(107)93-61(35-36-70(103)104)75(108)95-63(79(112)97-42-20-30-65(97)77(110)88-46-68(101)91-59)28-13-15-37-84-50(2)71-66(99)44-83(4,5)45-67(71)100/h6-10,21-24,31-34,51,58-65,99H,1,11-20,25-30,35-49H2,2-5H3,(H,85,113)(H,86,114)(H,87,115)(H,88,110)(H,89,109)(H,90,106)(H,91,101)(H,92,102)(H,93,107)(H,94,105)(H,95,108)(H,103,104)/t51-,59-,60-,61-,62-,63-,64-,65-/m0/s1. The number of amides is 13. The number of aliphatic imine (C=N–C) groups is 1. The first-order valence-electron chi connectivity index (χ1n) is 40.8. The van der Waals surface area contributed by atoms with E-state index in [9.17, 15) is 87.5 Å². The molecule has 3 saturated heterocycles. The lowest BCUT2D eigenvalue weighted by molar-refractivity contribution is -0.384. The van der Waals surface area contributed by atoms with E-state index in [-0.39, 0.29) is 203 Å². The topological polar surface area (TPSA) is 519 Å². The largest absolute Gasteiger partial charge is 0.511 e. The van der Waals surface area contributed by atoms with E-state index in [0.29, 0.717) is 11.3 Å². The molecule has 3 aromatic rings. The van der Waals surface area contributed by atoms with Gasteiger partial charge in [-0.1, -0.05) is 75.0 Å². The number of carbonyl (C=O) groups excluding carboxylic acids is 14. The van der Waals surface area contributed by atoms with Crippen LogP contribution in [0.25, 0.3) is 11.1 Å². The number of Topliss-reactive ketones (excluding diaryl/α,β-unsaturated/α-hetero) is 1. The second-order valence-electron chi connectivity index (χ2n) is 31.1. The van der Waals surface area contributed by atoms with Crippen LogP contribution in [-0.4, -0.2) is 234 Å². The molecule has 0 radical (unpaired) electrons. The molecule has 3 fully saturated rings. The van der Waals surface area contributed by atoms with E-state index in [0.717, 1.165) is 22.3 Å². The van der Waals surface area contributed by atoms with Crippen molar-refractivity contribution in [3.8, 4) is 11.1 Å². The first-order chi connectivity index (χ1) is 57.4. The van der Waals surface area contributed by atoms with E-state index in [2.05, 4.69) is 70.1 Å². The summed E-state index contributed by atoms with van der Waals surface area (Å²) < 4.78 is 16.0. The Kier molecular flexibility index (Phi) is 35.8. The minimum absolute atomic E-state index is 0.000751. The Morgan fingerprint density at radius 3 is 1.54 bits per heavy atom. The second-order valence-corrected chi connectivity index (χ2v) is 31.1. The van der Waals surface area contributed by atoms with Gasteiger partial charge in [0.05, 0.1) is 23.6 Å². The van der Waals surface area contributed by atoms with Gasteiger partial charge >= 0.3 is 24.2 Å². The van der Waals surface area contributed by atoms with Gasteiger partial charge in [0.15, 0.2) is 5.78 Å². The van der Waals surface area contributed by atoms with Crippen molar-refractivity contribution >= 4 is 101 Å². The first-order valence-corrected chi connectivity index (χ1v) is 40.8. The maximum Gasteiger partial charge on any atom is 0.407 e. The third kappa shape index (κ3) is 28.2. The quantitative estimate of drug-likeness (QED) is 0.0104. The molecule has 13 amide bonds. The number of rotatable bonds is 31. The van der Waals surface area contributed by atoms with Gasteiger partial charge in [0.2, 0.25) is 59.1 Å². The summed E-state index contributed by atoms with van der Waals surface area (Å²) in [6, 6.07) is 9.56. The zero-order valence-electron chi connectivity index (χ0n) is 68.2. The van der Waals surface area contributed by atoms with Crippen LogP contribution in [0.2, 0.25) is 0 Å². The average Bonchev–Trinajstić information content (AvgIpc) is 1.64. The lowest BCUT2D eigenvalue weighted by Gasteiger charge is -2.30. The number of allylic oxidation sites excluding steroid dienone is 2. The molecule has 0 aromatic heterocycles. The SMILES string of the molecule is C=CCOC(=O)NCCCC[C@@H]1NC(=O)CNC(=O)[C@@H]2CCCN2C(=O)[C@H](CCCCN=C(C)C2=C(O)CC(C)(C)CC2=O)NC(=O)[C@H](CCC(=O)O)NC(=O)[C@H](CCCCNC(=O)OCc2ccc([N+](=O)[O-])cc2)NC(=O)CNC(=O)[C@@H]2CCCN2C(=O)[C@H](CCCCNC(=O)OCC2c3ccccc3-c3ccccc32)NC(=O)[C@H](C)NC1=O. The van der Waals surface area contributed by atoms with Gasteiger partial charge in [-0.3, -0.25) is 72.6 Å². The van der Waals surface area contributed by atoms with Gasteiger partial charge in [0.25, 0.3) is 5.69 Å². The van der Waals surface area contributed by atoms with Crippen LogP contribution in [0.3, 0.4) is 0 Å². The number of hydrogen-bond acceptors (Lipinski definition) is 22. The highest BCUT2D eigenvalue weighted by Gasteiger charge is 2.42. The monoisotopic (exact) mass is 1670 g/mol. The molecule has 5 aliphatic rings. The molecular weight excluding hydrogens is 1560 g/mol. The zero-order valence-corrected chi connectivity index (χ0v) is 68.2. The predicted molar refractivity (Wildman–Crippen MR) is 435 cm³/mol. The van der Waals surface area contributed by atoms with Crippen molar-refractivity contribution in [2.24, 2.45) is 10.4 Å². The summed E-state index contributed by atoms with van der Waals surface area (Å²) in [7, 11) is 0. The number of nitro benzene ring substituents is 1. The number of carboxylic acid groups (broad SMARTS) is 1. The predicted octanol–water partition coefficient (Wildman–Crippen LogP) is 4.64. The molecule has 650 valence electrons. The van der Waals surface area contributed by atoms with Crippen LogP contribution in [0.1, 0.15) is 179 Å². The Hall–Kier alpha value is -12.3. The summed E-state index contributed by atoms with van der Waals surface area (Å²) in [6.45, 7) is 8.49. The third-order valence-corrected chi connectivity index (χ3v) is 21.3. The average molecular weight is 1670 g/mol. The van der Waals surface area contributed by atoms with Crippen LogP contribution < -0.4 is 58.5 Å². The van der Waals surface area contributed by atoms with E-state index in [1.807, 2.05) is 62.4 Å². The molecule has 13 N–H and O–H groups in total. The summed E-state index contributed by atoms with van der Waals surface area (Å²) >= 11 is 0. The number of fused-ring (bicyclic) bond motifs is 5. The molecule has 3 aromatic carbocycles. The van der Waals surface area contributed by atoms with Gasteiger partial charge in [-0.2, -0.15) is 0 Å². The smallest absolute Gasteiger partial charge is 0.407 e. The summed E-state index contributed by atoms with van der Waals surface area (Å²) in [6.07, 6.45) is -0.138. The molecule has 3 aliphatic heterocycles. The molecule has 0 saturated carbocycles. The highest BCUT2D eigenvalue weighted by atomic mass is 16.6. The second kappa shape index (κ2) is 46.1. The number of aliphatic hydroxyl groups is 1. The number of hydrogen-bond donors (Lipinski definition) is 13. The van der Waals surface area contributed by atoms with Crippen molar-refractivity contribution in [3.63, 3.8) is 0 Å². The molecule has 3 heterocycles. The van der Waals surface area contributed by atoms with E-state index in [1.165, 1.54) is 47.1 Å². The van der Waals surface area contributed by atoms with Crippen LogP contribution in [0.15, 0.2) is 102 Å². The first kappa shape index (κ1) is 93.2. The summed E-state index contributed by atoms with van der Waals surface area (Å²) in [5.74, 6) is -10.8. The molecule has 120 heavy (non-hydrogen) atoms. The number of nitrogens with zero attached hydrogens (tertiary/aromatic N) is 4. The van der Waals surface area contributed by atoms with Crippen LogP contribution in [-0.2, 0) is 78.4 Å². The number of nitro groups is 1. The maximum atomic E-state index is 15.1. The Morgan fingerprint density at radius 2 is 1.04 bits per heavy atom. The number of ether oxygens (including phenoxy) is 3. The summed E-state index contributed by atoms with van der Waals surface area (Å²) in [5.41, 5.74) is 4.32. The summed E-state index contributed by atoms with van der Waals surface area (Å²) in [5, 5.41) is 60.7. The number of aliphatic carboxylic acids is 1. The van der Waals surface area contributed by atoms with Crippen molar-refractivity contribution in [2.75, 3.05) is 65.6 Å². The van der Waals surface area contributed by atoms with Gasteiger partial charge < -0.3 is 92.7 Å². The van der Waals surface area contributed by atoms with Crippen LogP contribution in [0.5, 0.6) is 0 Å². The molecule has 0 bridgehead atoms. The molecule has 37 nitrogen and oxygen atoms in total. The molecule has 0 unspecified atom stereocenters. The van der Waals surface area contributed by atoms with Crippen molar-refractivity contribution in [1.82, 2.24) is 68.3 Å². The molecule has 8 atom stereocenters. The number of nitrogens with one attached hydrogen (secondary N) is 11. The third-order valence-electron chi connectivity index (χ3n) is 21.3. The molecule has 2 aliphatic carbocycles. The van der Waals surface area contributed by atoms with Gasteiger partial charge in [-0.25, -0.2) is 14.4 Å². The van der Waals surface area contributed by atoms with E-state index < -0.39 is 168 Å². The number of unbranched alkanes of at least 4 members (excludes halogenated alkanes) is 4. The summed E-state index contributed by atoms with van der Waals surface area (Å²) in [4.78, 5) is 227. The van der Waals surface area contributed by atoms with Crippen LogP contribution in [0, 0.1) is 15.5 Å². The van der Waals surface area contributed by atoms with Crippen molar-refractivity contribution in [2.45, 2.75) is 217 Å². The van der Waals surface area contributed by atoms with Crippen LogP contribution in [0.4, 0.5) is 20.1 Å². The Morgan fingerprint density at radius 1 is 0.583 bits per heavy atom. The molecule has 8 rings (SSSR count). The molecule has 0 spiro atoms. The highest BCUT2D eigenvalue weighted by molar-refractivity contribution is 6.22. The maximum absolute atomic E-state index is 15.1. The number of alkyl carbamates (subject to hydrolysis) is 3. The lowest BCUT2D eigenvalue weighted by atomic mass is 9.76. The Balaban J connectivity index is 1.03. The van der Waals surface area contributed by atoms with Gasteiger partial charge in [-0.05, 0) is 168 Å². The van der Waals surface area contributed by atoms with Crippen molar-refractivity contribution in [3.05, 3.63) is 124 Å². The fraction of sp³-hybridized carbons (Fsp3) is 0.542. The van der Waals surface area contributed by atoms with Crippen LogP contribution >= 0.6 is 0 Å². The van der Waals surface area contributed by atoms with E-state index in [4.69, 9.17) is 14.2 Å². The zero-order chi connectivity index (χ0) is 87.0. The lowest BCUT2D eigenvalue weighted by Crippen LogP contribution is -2.59. The van der Waals surface area contributed by atoms with Crippen molar-refractivity contribution in [1.29, 1.82) is 0 Å². The number of benzene rings is 3. The number of carboxylic acids is 1. The number of ketones is 1. The highest BCUT2D eigenvalue weighted by Crippen LogP contribution is 2.45. The fourth-order valence-corrected chi connectivity index (χ4v) is 15.1. The van der Waals surface area contributed by atoms with Gasteiger partial charge in [0, 0.05) is 82.3 Å². The number of carbonyl (C=O) groups is 15. The van der Waals surface area contributed by atoms with E-state index >= 15 is 4.79 Å². The molecular formula is C83H111N15O22. The van der Waals surface area contributed by atoms with Gasteiger partial charge in [-0.15, -0.1) is 0 Å². The fourth-order valence-electron chi connectivity index (χ4n) is 15.1. The molecule has 37 heteroatoms. The van der Waals surface area contributed by atoms with Gasteiger partial charge in [0.1, 0.15) is 73.9 Å². The number of aliphatic hydroxyl groups excluding tert-OH is 1. The van der Waals surface area contributed by atoms with Crippen molar-refractivity contribution < 1.29 is 101 Å². The normalized spacial score (nSPS) is 21.9. The Labute approximate surface area is 694 Å². The number of non-ortho nitro benzene ring substituents is 1.